The predicted octanol–water partition coefficient (Wildman–Crippen LogP) is 1.09. The second kappa shape index (κ2) is 5.37. The molecule has 16 heavy (non-hydrogen) atoms. The van der Waals surface area contributed by atoms with Crippen LogP contribution < -0.4 is 5.32 Å². The lowest BCUT2D eigenvalue weighted by atomic mass is 10.1. The second-order valence-corrected chi connectivity index (χ2v) is 3.57. The lowest BCUT2D eigenvalue weighted by molar-refractivity contribution is 0.535. The Hall–Kier alpha value is -1.75. The largest absolute Gasteiger partial charge is 0.309 e. The van der Waals surface area contributed by atoms with Crippen LogP contribution in [-0.2, 0) is 6.42 Å². The first kappa shape index (κ1) is 10.8. The maximum atomic E-state index is 4.11. The predicted molar refractivity (Wildman–Crippen MR) is 60.7 cm³/mol. The molecule has 2 heterocycles. The van der Waals surface area contributed by atoms with Gasteiger partial charge in [-0.2, -0.15) is 15.4 Å². The van der Waals surface area contributed by atoms with E-state index in [1.54, 1.807) is 12.4 Å². The summed E-state index contributed by atoms with van der Waals surface area (Å²) < 4.78 is 0. The number of likely N-dealkylation sites (N-methyl/N-ethyl adjacent to an activating group) is 1. The number of nitrogens with one attached hydrogen (secondary N) is 2. The summed E-state index contributed by atoms with van der Waals surface area (Å²) in [5, 5.41) is 14.0. The first-order valence-electron chi connectivity index (χ1n) is 5.38. The molecule has 1 unspecified atom stereocenters. The molecule has 0 amide bonds. The van der Waals surface area contributed by atoms with Crippen molar-refractivity contribution in [3.8, 4) is 0 Å². The van der Waals surface area contributed by atoms with E-state index in [1.165, 1.54) is 5.56 Å². The molecule has 0 radical (unpaired) electrons. The van der Waals surface area contributed by atoms with Gasteiger partial charge < -0.3 is 5.32 Å². The quantitative estimate of drug-likeness (QED) is 0.787. The lowest BCUT2D eigenvalue weighted by Crippen LogP contribution is -2.23. The van der Waals surface area contributed by atoms with Gasteiger partial charge in [-0.1, -0.05) is 13.0 Å². The van der Waals surface area contributed by atoms with Gasteiger partial charge in [0.25, 0.3) is 0 Å². The summed E-state index contributed by atoms with van der Waals surface area (Å²) in [4.78, 5) is 4.11. The van der Waals surface area contributed by atoms with Gasteiger partial charge >= 0.3 is 0 Å². The number of rotatable bonds is 5. The molecule has 0 aliphatic rings. The Morgan fingerprint density at radius 2 is 2.38 bits per heavy atom. The average molecular weight is 217 g/mol. The van der Waals surface area contributed by atoms with Crippen molar-refractivity contribution in [2.75, 3.05) is 6.54 Å². The first-order chi connectivity index (χ1) is 7.90. The normalized spacial score (nSPS) is 12.6. The third-order valence-corrected chi connectivity index (χ3v) is 2.40. The van der Waals surface area contributed by atoms with Crippen LogP contribution in [-0.4, -0.2) is 26.9 Å². The van der Waals surface area contributed by atoms with E-state index in [-0.39, 0.29) is 6.04 Å². The van der Waals surface area contributed by atoms with Gasteiger partial charge in [0.05, 0.1) is 17.9 Å². The van der Waals surface area contributed by atoms with Crippen molar-refractivity contribution in [3.05, 3.63) is 42.0 Å². The van der Waals surface area contributed by atoms with E-state index in [4.69, 9.17) is 0 Å². The van der Waals surface area contributed by atoms with Crippen molar-refractivity contribution in [1.82, 2.24) is 25.7 Å². The van der Waals surface area contributed by atoms with Crippen molar-refractivity contribution in [2.24, 2.45) is 0 Å². The molecule has 5 nitrogen and oxygen atoms in total. The molecule has 2 aromatic heterocycles. The van der Waals surface area contributed by atoms with Crippen LogP contribution in [0.1, 0.15) is 24.2 Å². The third kappa shape index (κ3) is 2.64. The zero-order valence-corrected chi connectivity index (χ0v) is 9.22. The van der Waals surface area contributed by atoms with Gasteiger partial charge in [0.15, 0.2) is 0 Å². The van der Waals surface area contributed by atoms with Crippen molar-refractivity contribution >= 4 is 0 Å². The highest BCUT2D eigenvalue weighted by atomic mass is 15.3. The number of pyridine rings is 1. The lowest BCUT2D eigenvalue weighted by Gasteiger charge is -2.14. The van der Waals surface area contributed by atoms with Gasteiger partial charge in [0.1, 0.15) is 0 Å². The molecule has 0 saturated heterocycles. The van der Waals surface area contributed by atoms with Crippen LogP contribution in [0.3, 0.4) is 0 Å². The van der Waals surface area contributed by atoms with Gasteiger partial charge in [-0.25, -0.2) is 0 Å². The topological polar surface area (TPSA) is 66.5 Å². The minimum Gasteiger partial charge on any atom is -0.309 e. The number of aromatic nitrogens is 4. The molecule has 1 atom stereocenters. The highest BCUT2D eigenvalue weighted by molar-refractivity contribution is 5.13. The summed E-state index contributed by atoms with van der Waals surface area (Å²) in [6.45, 7) is 2.98. The smallest absolute Gasteiger partial charge is 0.0997 e. The maximum Gasteiger partial charge on any atom is 0.0997 e. The first-order valence-corrected chi connectivity index (χ1v) is 5.38. The van der Waals surface area contributed by atoms with E-state index in [1.807, 2.05) is 12.3 Å². The van der Waals surface area contributed by atoms with Gasteiger partial charge in [0.2, 0.25) is 0 Å². The van der Waals surface area contributed by atoms with E-state index in [0.29, 0.717) is 0 Å². The van der Waals surface area contributed by atoms with Crippen molar-refractivity contribution in [2.45, 2.75) is 19.4 Å². The molecule has 0 bridgehead atoms. The van der Waals surface area contributed by atoms with Crippen LogP contribution in [0.25, 0.3) is 0 Å². The molecule has 0 fully saturated rings. The fourth-order valence-electron chi connectivity index (χ4n) is 1.66. The molecule has 84 valence electrons. The highest BCUT2D eigenvalue weighted by Gasteiger charge is 2.13. The summed E-state index contributed by atoms with van der Waals surface area (Å²) in [6.07, 6.45) is 6.28. The fraction of sp³-hybridized carbons (Fsp3) is 0.364. The Balaban J connectivity index is 2.09. The van der Waals surface area contributed by atoms with E-state index >= 15 is 0 Å². The number of nitrogens with zero attached hydrogens (tertiary/aromatic N) is 3. The molecule has 0 aliphatic carbocycles. The summed E-state index contributed by atoms with van der Waals surface area (Å²) in [6, 6.07) is 4.20. The Labute approximate surface area is 94.3 Å². The summed E-state index contributed by atoms with van der Waals surface area (Å²) in [5.74, 6) is 0. The minimum absolute atomic E-state index is 0.188. The van der Waals surface area contributed by atoms with Gasteiger partial charge in [-0.3, -0.25) is 4.98 Å². The number of hydrogen-bond donors (Lipinski definition) is 2. The zero-order chi connectivity index (χ0) is 11.2. The van der Waals surface area contributed by atoms with E-state index in [9.17, 15) is 0 Å². The monoisotopic (exact) mass is 217 g/mol. The third-order valence-electron chi connectivity index (χ3n) is 2.40. The van der Waals surface area contributed by atoms with Crippen LogP contribution >= 0.6 is 0 Å². The Morgan fingerprint density at radius 1 is 1.44 bits per heavy atom. The van der Waals surface area contributed by atoms with E-state index in [2.05, 4.69) is 38.7 Å². The molecule has 2 aromatic rings. The highest BCUT2D eigenvalue weighted by Crippen LogP contribution is 2.14. The molecule has 2 N–H and O–H groups in total. The fourth-order valence-corrected chi connectivity index (χ4v) is 1.66. The average Bonchev–Trinajstić information content (AvgIpc) is 2.83. The number of hydrogen-bond acceptors (Lipinski definition) is 4. The summed E-state index contributed by atoms with van der Waals surface area (Å²) >= 11 is 0. The SMILES string of the molecule is CCNC(Cc1cccnc1)c1cn[nH]n1. The molecule has 0 aliphatic heterocycles. The molecule has 2 rings (SSSR count). The van der Waals surface area contributed by atoms with Crippen LogP contribution in [0.4, 0.5) is 0 Å². The standard InChI is InChI=1S/C11H15N5/c1-2-13-10(11-8-14-16-15-11)6-9-4-3-5-12-7-9/h3-5,7-8,10,13H,2,6H2,1H3,(H,14,15,16). The van der Waals surface area contributed by atoms with Crippen molar-refractivity contribution < 1.29 is 0 Å². The van der Waals surface area contributed by atoms with Crippen molar-refractivity contribution in [1.29, 1.82) is 0 Å². The summed E-state index contributed by atoms with van der Waals surface area (Å²) in [7, 11) is 0. The number of H-pyrrole nitrogens is 1. The van der Waals surface area contributed by atoms with Gasteiger partial charge in [0, 0.05) is 12.4 Å². The van der Waals surface area contributed by atoms with Crippen LogP contribution in [0.15, 0.2) is 30.7 Å². The second-order valence-electron chi connectivity index (χ2n) is 3.57. The van der Waals surface area contributed by atoms with Crippen LogP contribution in [0, 0.1) is 0 Å². The van der Waals surface area contributed by atoms with Crippen molar-refractivity contribution in [3.63, 3.8) is 0 Å². The van der Waals surface area contributed by atoms with Gasteiger partial charge in [-0.05, 0) is 24.6 Å². The molecular formula is C11H15N5. The molecular weight excluding hydrogens is 202 g/mol. The zero-order valence-electron chi connectivity index (χ0n) is 9.22. The van der Waals surface area contributed by atoms with E-state index in [0.717, 1.165) is 18.7 Å². The maximum absolute atomic E-state index is 4.11. The van der Waals surface area contributed by atoms with Crippen LogP contribution in [0.2, 0.25) is 0 Å². The van der Waals surface area contributed by atoms with Crippen LogP contribution in [0.5, 0.6) is 0 Å². The van der Waals surface area contributed by atoms with E-state index < -0.39 is 0 Å². The molecule has 0 spiro atoms. The minimum atomic E-state index is 0.188. The Kier molecular flexibility index (Phi) is 3.61. The molecule has 0 saturated carbocycles. The summed E-state index contributed by atoms with van der Waals surface area (Å²) in [5.41, 5.74) is 2.13. The Bertz CT molecular complexity index is 398. The van der Waals surface area contributed by atoms with Gasteiger partial charge in [-0.15, -0.1) is 0 Å². The Morgan fingerprint density at radius 3 is 3.00 bits per heavy atom. The molecule has 5 heteroatoms. The molecule has 0 aromatic carbocycles. The number of aromatic amines is 1.